The highest BCUT2D eigenvalue weighted by molar-refractivity contribution is 4.98. The molecule has 0 aliphatic carbocycles. The van der Waals surface area contributed by atoms with Crippen LogP contribution in [0.5, 0.6) is 0 Å². The first kappa shape index (κ1) is 12.5. The van der Waals surface area contributed by atoms with Crippen molar-refractivity contribution in [2.24, 2.45) is 0 Å². The Morgan fingerprint density at radius 2 is 2.29 bits per heavy atom. The molecule has 0 saturated carbocycles. The summed E-state index contributed by atoms with van der Waals surface area (Å²) < 4.78 is 10.8. The van der Waals surface area contributed by atoms with Crippen molar-refractivity contribution in [3.63, 3.8) is 0 Å². The third-order valence-corrected chi connectivity index (χ3v) is 3.00. The SMILES string of the molecule is CCCN1CCOCC1c1noc(C(C)C)n1. The van der Waals surface area contributed by atoms with E-state index >= 15 is 0 Å². The maximum atomic E-state index is 5.52. The van der Waals surface area contributed by atoms with Gasteiger partial charge in [0.1, 0.15) is 0 Å². The van der Waals surface area contributed by atoms with Gasteiger partial charge >= 0.3 is 0 Å². The van der Waals surface area contributed by atoms with Crippen LogP contribution in [0.3, 0.4) is 0 Å². The van der Waals surface area contributed by atoms with Gasteiger partial charge in [0.15, 0.2) is 5.82 Å². The van der Waals surface area contributed by atoms with Gasteiger partial charge in [-0.05, 0) is 13.0 Å². The predicted molar refractivity (Wildman–Crippen MR) is 63.8 cm³/mol. The summed E-state index contributed by atoms with van der Waals surface area (Å²) in [4.78, 5) is 6.84. The van der Waals surface area contributed by atoms with Crippen molar-refractivity contribution < 1.29 is 9.26 Å². The molecule has 1 saturated heterocycles. The normalized spacial score (nSPS) is 22.2. The van der Waals surface area contributed by atoms with E-state index < -0.39 is 0 Å². The van der Waals surface area contributed by atoms with Gasteiger partial charge in [-0.2, -0.15) is 4.98 Å². The molecular formula is C12H21N3O2. The van der Waals surface area contributed by atoms with Crippen LogP contribution in [0.15, 0.2) is 4.52 Å². The largest absolute Gasteiger partial charge is 0.378 e. The smallest absolute Gasteiger partial charge is 0.229 e. The minimum absolute atomic E-state index is 0.153. The fourth-order valence-electron chi connectivity index (χ4n) is 2.05. The van der Waals surface area contributed by atoms with Crippen molar-refractivity contribution in [1.29, 1.82) is 0 Å². The summed E-state index contributed by atoms with van der Waals surface area (Å²) in [6.45, 7) is 9.76. The van der Waals surface area contributed by atoms with Crippen molar-refractivity contribution in [3.05, 3.63) is 11.7 Å². The third kappa shape index (κ3) is 2.84. The summed E-state index contributed by atoms with van der Waals surface area (Å²) in [5.41, 5.74) is 0. The molecule has 1 aromatic rings. The molecule has 17 heavy (non-hydrogen) atoms. The Bertz CT molecular complexity index is 349. The summed E-state index contributed by atoms with van der Waals surface area (Å²) >= 11 is 0. The highest BCUT2D eigenvalue weighted by atomic mass is 16.5. The molecule has 96 valence electrons. The first-order chi connectivity index (χ1) is 8.22. The Hall–Kier alpha value is -0.940. The molecular weight excluding hydrogens is 218 g/mol. The van der Waals surface area contributed by atoms with E-state index in [1.54, 1.807) is 0 Å². The van der Waals surface area contributed by atoms with Gasteiger partial charge < -0.3 is 9.26 Å². The fourth-order valence-corrected chi connectivity index (χ4v) is 2.05. The Balaban J connectivity index is 2.11. The first-order valence-electron chi connectivity index (χ1n) is 6.37. The first-order valence-corrected chi connectivity index (χ1v) is 6.37. The summed E-state index contributed by atoms with van der Waals surface area (Å²) in [6, 6.07) is 0.153. The molecule has 2 rings (SSSR count). The van der Waals surface area contributed by atoms with Gasteiger partial charge in [0.25, 0.3) is 0 Å². The van der Waals surface area contributed by atoms with Gasteiger partial charge in [-0.1, -0.05) is 25.9 Å². The zero-order valence-electron chi connectivity index (χ0n) is 10.8. The van der Waals surface area contributed by atoms with Crippen LogP contribution in [-0.4, -0.2) is 41.3 Å². The monoisotopic (exact) mass is 239 g/mol. The number of hydrogen-bond acceptors (Lipinski definition) is 5. The quantitative estimate of drug-likeness (QED) is 0.804. The highest BCUT2D eigenvalue weighted by Gasteiger charge is 2.28. The molecule has 1 atom stereocenters. The van der Waals surface area contributed by atoms with E-state index in [4.69, 9.17) is 9.26 Å². The van der Waals surface area contributed by atoms with Crippen LogP contribution in [0.4, 0.5) is 0 Å². The molecule has 0 spiro atoms. The molecule has 0 radical (unpaired) electrons. The van der Waals surface area contributed by atoms with E-state index in [1.165, 1.54) is 0 Å². The molecule has 1 aliphatic heterocycles. The Morgan fingerprint density at radius 1 is 1.47 bits per heavy atom. The van der Waals surface area contributed by atoms with Crippen LogP contribution in [0.2, 0.25) is 0 Å². The van der Waals surface area contributed by atoms with Gasteiger partial charge in [-0.25, -0.2) is 0 Å². The van der Waals surface area contributed by atoms with Crippen molar-refractivity contribution in [2.45, 2.75) is 39.2 Å². The number of hydrogen-bond donors (Lipinski definition) is 0. The van der Waals surface area contributed by atoms with Crippen LogP contribution in [0.1, 0.15) is 50.9 Å². The second-order valence-corrected chi connectivity index (χ2v) is 4.77. The molecule has 1 aromatic heterocycles. The van der Waals surface area contributed by atoms with E-state index in [2.05, 4.69) is 35.8 Å². The van der Waals surface area contributed by atoms with Crippen molar-refractivity contribution in [2.75, 3.05) is 26.3 Å². The third-order valence-electron chi connectivity index (χ3n) is 3.00. The van der Waals surface area contributed by atoms with Crippen LogP contribution >= 0.6 is 0 Å². The lowest BCUT2D eigenvalue weighted by atomic mass is 10.2. The van der Waals surface area contributed by atoms with Crippen molar-refractivity contribution in [1.82, 2.24) is 15.0 Å². The maximum Gasteiger partial charge on any atom is 0.229 e. The zero-order valence-corrected chi connectivity index (χ0v) is 10.8. The average Bonchev–Trinajstić information content (AvgIpc) is 2.79. The van der Waals surface area contributed by atoms with E-state index in [9.17, 15) is 0 Å². The lowest BCUT2D eigenvalue weighted by Crippen LogP contribution is -2.40. The molecule has 1 aliphatic rings. The summed E-state index contributed by atoms with van der Waals surface area (Å²) in [7, 11) is 0. The minimum Gasteiger partial charge on any atom is -0.378 e. The van der Waals surface area contributed by atoms with Gasteiger partial charge in [-0.15, -0.1) is 0 Å². The second-order valence-electron chi connectivity index (χ2n) is 4.77. The molecule has 5 heteroatoms. The van der Waals surface area contributed by atoms with Gasteiger partial charge in [-0.3, -0.25) is 4.90 Å². The van der Waals surface area contributed by atoms with E-state index in [1.807, 2.05) is 0 Å². The number of aromatic nitrogens is 2. The van der Waals surface area contributed by atoms with Gasteiger partial charge in [0, 0.05) is 12.5 Å². The Morgan fingerprint density at radius 3 is 2.94 bits per heavy atom. The zero-order chi connectivity index (χ0) is 12.3. The van der Waals surface area contributed by atoms with Crippen LogP contribution in [0.25, 0.3) is 0 Å². The lowest BCUT2D eigenvalue weighted by Gasteiger charge is -2.33. The highest BCUT2D eigenvalue weighted by Crippen LogP contribution is 2.23. The van der Waals surface area contributed by atoms with Crippen molar-refractivity contribution in [3.8, 4) is 0 Å². The number of ether oxygens (including phenoxy) is 1. The standard InChI is InChI=1S/C12H21N3O2/c1-4-5-15-6-7-16-8-10(15)11-13-12(9(2)3)17-14-11/h9-10H,4-8H2,1-3H3. The molecule has 0 aromatic carbocycles. The average molecular weight is 239 g/mol. The predicted octanol–water partition coefficient (Wildman–Crippen LogP) is 1.98. The van der Waals surface area contributed by atoms with Gasteiger partial charge in [0.2, 0.25) is 5.89 Å². The van der Waals surface area contributed by atoms with Crippen molar-refractivity contribution >= 4 is 0 Å². The van der Waals surface area contributed by atoms with E-state index in [0.717, 1.165) is 31.9 Å². The Labute approximate surface area is 102 Å². The molecule has 1 unspecified atom stereocenters. The van der Waals surface area contributed by atoms with Crippen LogP contribution < -0.4 is 0 Å². The molecule has 0 N–H and O–H groups in total. The second kappa shape index (κ2) is 5.60. The van der Waals surface area contributed by atoms with Crippen LogP contribution in [0, 0.1) is 0 Å². The summed E-state index contributed by atoms with van der Waals surface area (Å²) in [5, 5.41) is 4.09. The Kier molecular flexibility index (Phi) is 4.12. The summed E-state index contributed by atoms with van der Waals surface area (Å²) in [5.74, 6) is 1.75. The topological polar surface area (TPSA) is 51.4 Å². The van der Waals surface area contributed by atoms with Gasteiger partial charge in [0.05, 0.1) is 19.3 Å². The molecule has 5 nitrogen and oxygen atoms in total. The molecule has 0 bridgehead atoms. The number of morpholine rings is 1. The molecule has 1 fully saturated rings. The fraction of sp³-hybridized carbons (Fsp3) is 0.833. The van der Waals surface area contributed by atoms with E-state index in [0.29, 0.717) is 12.5 Å². The maximum absolute atomic E-state index is 5.52. The molecule has 0 amide bonds. The molecule has 2 heterocycles. The lowest BCUT2D eigenvalue weighted by molar-refractivity contribution is -0.0122. The minimum atomic E-state index is 0.153. The van der Waals surface area contributed by atoms with Crippen LogP contribution in [-0.2, 0) is 4.74 Å². The number of nitrogens with zero attached hydrogens (tertiary/aromatic N) is 3. The van der Waals surface area contributed by atoms with E-state index in [-0.39, 0.29) is 12.0 Å². The number of rotatable bonds is 4. The summed E-state index contributed by atoms with van der Waals surface area (Å²) in [6.07, 6.45) is 1.13.